The number of thiophene rings is 1. The number of para-hydroxylation sites is 1. The van der Waals surface area contributed by atoms with Crippen LogP contribution < -0.4 is 10.1 Å². The third kappa shape index (κ3) is 3.94. The fourth-order valence-corrected chi connectivity index (χ4v) is 4.96. The molecule has 3 aromatic carbocycles. The number of nitrogens with one attached hydrogen (secondary N) is 1. The Morgan fingerprint density at radius 1 is 1.03 bits per heavy atom. The lowest BCUT2D eigenvalue weighted by Crippen LogP contribution is -2.63. The molecule has 0 aliphatic carbocycles. The van der Waals surface area contributed by atoms with Gasteiger partial charge in [-0.2, -0.15) is 0 Å². The van der Waals surface area contributed by atoms with Crippen molar-refractivity contribution < 1.29 is 9.53 Å². The van der Waals surface area contributed by atoms with E-state index in [4.69, 9.17) is 4.74 Å². The number of hydrogen-bond acceptors (Lipinski definition) is 4. The van der Waals surface area contributed by atoms with E-state index in [2.05, 4.69) is 39.9 Å². The van der Waals surface area contributed by atoms with Gasteiger partial charge in [0.25, 0.3) is 0 Å². The quantitative estimate of drug-likeness (QED) is 0.392. The maximum absolute atomic E-state index is 13.2. The summed E-state index contributed by atoms with van der Waals surface area (Å²) >= 11 is 1.76. The first kappa shape index (κ1) is 19.8. The smallest absolute Gasteiger partial charge is 0.244 e. The van der Waals surface area contributed by atoms with Crippen LogP contribution in [-0.2, 0) is 11.3 Å². The Hall–Kier alpha value is -3.15. The van der Waals surface area contributed by atoms with Crippen molar-refractivity contribution in [1.82, 2.24) is 4.90 Å². The van der Waals surface area contributed by atoms with Crippen molar-refractivity contribution in [3.63, 3.8) is 0 Å². The van der Waals surface area contributed by atoms with Crippen molar-refractivity contribution in [3.05, 3.63) is 89.8 Å². The molecule has 1 aliphatic heterocycles. The standard InChI is InChI=1S/C26H24N2O2S/c1-26(14-15-28(26)17-19-18-31-24-13-6-5-12-23(19)24)25(29)27-20-8-7-11-22(16-20)30-21-9-3-2-4-10-21/h2-13,16,18H,14-15,17H2,1H3,(H,27,29). The minimum absolute atomic E-state index is 0.0233. The molecule has 0 saturated carbocycles. The van der Waals surface area contributed by atoms with Gasteiger partial charge in [0.05, 0.1) is 5.54 Å². The van der Waals surface area contributed by atoms with Gasteiger partial charge in [0, 0.05) is 29.5 Å². The van der Waals surface area contributed by atoms with E-state index in [0.717, 1.165) is 30.9 Å². The third-order valence-electron chi connectivity index (χ3n) is 6.05. The summed E-state index contributed by atoms with van der Waals surface area (Å²) in [6.45, 7) is 3.74. The van der Waals surface area contributed by atoms with E-state index in [0.29, 0.717) is 5.75 Å². The van der Waals surface area contributed by atoms with Crippen LogP contribution in [0.5, 0.6) is 11.5 Å². The number of likely N-dealkylation sites (tertiary alicyclic amines) is 1. The summed E-state index contributed by atoms with van der Waals surface area (Å²) in [6, 6.07) is 25.6. The molecular formula is C26H24N2O2S. The second-order valence-corrected chi connectivity index (χ2v) is 9.01. The van der Waals surface area contributed by atoms with Crippen molar-refractivity contribution in [1.29, 1.82) is 0 Å². The number of carbonyl (C=O) groups is 1. The molecule has 1 aromatic heterocycles. The van der Waals surface area contributed by atoms with Gasteiger partial charge in [-0.1, -0.05) is 42.5 Å². The summed E-state index contributed by atoms with van der Waals surface area (Å²) in [5.74, 6) is 1.49. The Bertz CT molecular complexity index is 1220. The van der Waals surface area contributed by atoms with Gasteiger partial charge in [-0.15, -0.1) is 11.3 Å². The van der Waals surface area contributed by atoms with Crippen LogP contribution in [0.2, 0.25) is 0 Å². The average Bonchev–Trinajstić information content (AvgIpc) is 3.20. The van der Waals surface area contributed by atoms with E-state index in [-0.39, 0.29) is 5.91 Å². The molecule has 1 amide bonds. The Balaban J connectivity index is 1.28. The number of benzene rings is 3. The van der Waals surface area contributed by atoms with Crippen molar-refractivity contribution in [2.24, 2.45) is 0 Å². The molecule has 1 aliphatic rings. The van der Waals surface area contributed by atoms with Gasteiger partial charge in [-0.25, -0.2) is 0 Å². The maximum Gasteiger partial charge on any atom is 0.244 e. The van der Waals surface area contributed by atoms with E-state index in [1.807, 2.05) is 61.5 Å². The zero-order chi connectivity index (χ0) is 21.3. The van der Waals surface area contributed by atoms with Crippen LogP contribution in [0.1, 0.15) is 18.9 Å². The fraction of sp³-hybridized carbons (Fsp3) is 0.192. The lowest BCUT2D eigenvalue weighted by molar-refractivity contribution is -0.136. The number of fused-ring (bicyclic) bond motifs is 1. The third-order valence-corrected chi connectivity index (χ3v) is 7.06. The van der Waals surface area contributed by atoms with Crippen LogP contribution in [0.4, 0.5) is 5.69 Å². The van der Waals surface area contributed by atoms with Crippen LogP contribution >= 0.6 is 11.3 Å². The molecule has 31 heavy (non-hydrogen) atoms. The summed E-state index contributed by atoms with van der Waals surface area (Å²) in [5.41, 5.74) is 1.52. The second kappa shape index (κ2) is 8.17. The first-order valence-corrected chi connectivity index (χ1v) is 11.3. The van der Waals surface area contributed by atoms with Crippen LogP contribution in [0.15, 0.2) is 84.2 Å². The topological polar surface area (TPSA) is 41.6 Å². The summed E-state index contributed by atoms with van der Waals surface area (Å²) in [6.07, 6.45) is 0.848. The maximum atomic E-state index is 13.2. The van der Waals surface area contributed by atoms with Crippen molar-refractivity contribution in [2.45, 2.75) is 25.4 Å². The molecular weight excluding hydrogens is 404 g/mol. The van der Waals surface area contributed by atoms with E-state index in [1.165, 1.54) is 15.6 Å². The van der Waals surface area contributed by atoms with E-state index in [1.54, 1.807) is 11.3 Å². The van der Waals surface area contributed by atoms with Crippen LogP contribution in [-0.4, -0.2) is 22.9 Å². The molecule has 156 valence electrons. The molecule has 5 heteroatoms. The second-order valence-electron chi connectivity index (χ2n) is 8.10. The SMILES string of the molecule is CC1(C(=O)Nc2cccc(Oc3ccccc3)c2)CCN1Cc1csc2ccccc12. The zero-order valence-electron chi connectivity index (χ0n) is 17.4. The van der Waals surface area contributed by atoms with Crippen molar-refractivity contribution in [3.8, 4) is 11.5 Å². The predicted octanol–water partition coefficient (Wildman–Crippen LogP) is 6.30. The van der Waals surface area contributed by atoms with Crippen molar-refractivity contribution in [2.75, 3.05) is 11.9 Å². The lowest BCUT2D eigenvalue weighted by atomic mass is 9.85. The van der Waals surface area contributed by atoms with Gasteiger partial charge >= 0.3 is 0 Å². The van der Waals surface area contributed by atoms with Gasteiger partial charge < -0.3 is 10.1 Å². The highest BCUT2D eigenvalue weighted by Crippen LogP contribution is 2.36. The van der Waals surface area contributed by atoms with Crippen molar-refractivity contribution >= 4 is 33.0 Å². The average molecular weight is 429 g/mol. The molecule has 1 fully saturated rings. The normalized spacial score (nSPS) is 18.5. The molecule has 0 bridgehead atoms. The highest BCUT2D eigenvalue weighted by molar-refractivity contribution is 7.17. The Morgan fingerprint density at radius 2 is 1.81 bits per heavy atom. The first-order chi connectivity index (χ1) is 15.1. The number of amides is 1. The molecule has 0 spiro atoms. The molecule has 4 nitrogen and oxygen atoms in total. The molecule has 5 rings (SSSR count). The number of hydrogen-bond donors (Lipinski definition) is 1. The number of anilines is 1. The summed E-state index contributed by atoms with van der Waals surface area (Å²) in [7, 11) is 0. The lowest BCUT2D eigenvalue weighted by Gasteiger charge is -2.49. The summed E-state index contributed by atoms with van der Waals surface area (Å²) in [4.78, 5) is 15.5. The largest absolute Gasteiger partial charge is 0.457 e. The van der Waals surface area contributed by atoms with Crippen LogP contribution in [0.3, 0.4) is 0 Å². The van der Waals surface area contributed by atoms with E-state index in [9.17, 15) is 4.79 Å². The molecule has 4 aromatic rings. The van der Waals surface area contributed by atoms with E-state index < -0.39 is 5.54 Å². The van der Waals surface area contributed by atoms with Gasteiger partial charge in [0.2, 0.25) is 5.91 Å². The highest BCUT2D eigenvalue weighted by atomic mass is 32.1. The van der Waals surface area contributed by atoms with Gasteiger partial charge in [0.15, 0.2) is 0 Å². The monoisotopic (exact) mass is 428 g/mol. The van der Waals surface area contributed by atoms with E-state index >= 15 is 0 Å². The molecule has 1 N–H and O–H groups in total. The fourth-order valence-electron chi connectivity index (χ4n) is 4.00. The first-order valence-electron chi connectivity index (χ1n) is 10.5. The van der Waals surface area contributed by atoms with Gasteiger partial charge in [-0.3, -0.25) is 9.69 Å². The van der Waals surface area contributed by atoms with Crippen LogP contribution in [0, 0.1) is 0 Å². The van der Waals surface area contributed by atoms with Gasteiger partial charge in [-0.05, 0) is 60.0 Å². The molecule has 1 unspecified atom stereocenters. The molecule has 1 saturated heterocycles. The number of rotatable bonds is 6. The Morgan fingerprint density at radius 3 is 2.61 bits per heavy atom. The minimum atomic E-state index is -0.515. The van der Waals surface area contributed by atoms with Gasteiger partial charge in [0.1, 0.15) is 11.5 Å². The summed E-state index contributed by atoms with van der Waals surface area (Å²) < 4.78 is 7.19. The minimum Gasteiger partial charge on any atom is -0.457 e. The molecule has 2 heterocycles. The zero-order valence-corrected chi connectivity index (χ0v) is 18.2. The van der Waals surface area contributed by atoms with Crippen LogP contribution in [0.25, 0.3) is 10.1 Å². The highest BCUT2D eigenvalue weighted by Gasteiger charge is 2.46. The summed E-state index contributed by atoms with van der Waals surface area (Å²) in [5, 5.41) is 6.60. The molecule has 1 atom stereocenters. The number of ether oxygens (including phenoxy) is 1. The Kier molecular flexibility index (Phi) is 5.22. The number of carbonyl (C=O) groups excluding carboxylic acids is 1. The molecule has 0 radical (unpaired) electrons. The Labute approximate surface area is 186 Å². The number of nitrogens with zero attached hydrogens (tertiary/aromatic N) is 1. The predicted molar refractivity (Wildman–Crippen MR) is 127 cm³/mol.